The van der Waals surface area contributed by atoms with Crippen molar-refractivity contribution < 1.29 is 14.3 Å². The fourth-order valence-electron chi connectivity index (χ4n) is 2.70. The maximum Gasteiger partial charge on any atom is 0.338 e. The van der Waals surface area contributed by atoms with Crippen LogP contribution in [0.4, 0.5) is 0 Å². The Morgan fingerprint density at radius 2 is 1.40 bits per heavy atom. The minimum Gasteiger partial charge on any atom is -0.452 e. The Kier molecular flexibility index (Phi) is 11.4. The maximum atomic E-state index is 12.5. The first-order valence-electron chi connectivity index (χ1n) is 9.69. The summed E-state index contributed by atoms with van der Waals surface area (Å²) in [4.78, 5) is 26.3. The molecule has 140 valence electrons. The molecule has 0 aliphatic rings. The molecule has 0 radical (unpaired) electrons. The van der Waals surface area contributed by atoms with Crippen molar-refractivity contribution in [1.29, 1.82) is 0 Å². The lowest BCUT2D eigenvalue weighted by atomic mass is 10.1. The number of esters is 1. The van der Waals surface area contributed by atoms with Crippen molar-refractivity contribution in [3.63, 3.8) is 0 Å². The number of unbranched alkanes of at least 4 members (excludes halogenated alkanes) is 6. The Morgan fingerprint density at radius 1 is 0.840 bits per heavy atom. The number of hydrogen-bond donors (Lipinski definition) is 0. The standard InChI is InChI=1S/C21H33NO3/c1-3-5-7-12-16-22(17-13-8-6-4-2)20(23)18-25-21(24)19-14-10-9-11-15-19/h9-11,14-15H,3-8,12-13,16-18H2,1-2H3. The third-order valence-electron chi connectivity index (χ3n) is 4.25. The zero-order chi connectivity index (χ0) is 18.3. The highest BCUT2D eigenvalue weighted by Crippen LogP contribution is 2.07. The van der Waals surface area contributed by atoms with Crippen LogP contribution in [0.1, 0.15) is 75.6 Å². The van der Waals surface area contributed by atoms with Gasteiger partial charge in [-0.05, 0) is 25.0 Å². The van der Waals surface area contributed by atoms with Gasteiger partial charge < -0.3 is 9.64 Å². The van der Waals surface area contributed by atoms with Gasteiger partial charge in [-0.3, -0.25) is 4.79 Å². The lowest BCUT2D eigenvalue weighted by Gasteiger charge is -2.22. The predicted molar refractivity (Wildman–Crippen MR) is 102 cm³/mol. The fourth-order valence-corrected chi connectivity index (χ4v) is 2.70. The van der Waals surface area contributed by atoms with Crippen LogP contribution in [0.25, 0.3) is 0 Å². The summed E-state index contributed by atoms with van der Waals surface area (Å²) >= 11 is 0. The van der Waals surface area contributed by atoms with Crippen molar-refractivity contribution in [2.75, 3.05) is 19.7 Å². The van der Waals surface area contributed by atoms with Gasteiger partial charge in [0.1, 0.15) is 0 Å². The molecule has 0 aromatic heterocycles. The van der Waals surface area contributed by atoms with E-state index < -0.39 is 5.97 Å². The molecular formula is C21H33NO3. The molecule has 0 spiro atoms. The SMILES string of the molecule is CCCCCCN(CCCCCC)C(=O)COC(=O)c1ccccc1. The molecule has 0 heterocycles. The molecule has 1 amide bonds. The Labute approximate surface area is 152 Å². The molecule has 1 rings (SSSR count). The second-order valence-electron chi connectivity index (χ2n) is 6.44. The quantitative estimate of drug-likeness (QED) is 0.379. The highest BCUT2D eigenvalue weighted by molar-refractivity contribution is 5.91. The van der Waals surface area contributed by atoms with E-state index in [4.69, 9.17) is 4.74 Å². The van der Waals surface area contributed by atoms with E-state index in [2.05, 4.69) is 13.8 Å². The number of nitrogens with zero attached hydrogens (tertiary/aromatic N) is 1. The number of ether oxygens (including phenoxy) is 1. The smallest absolute Gasteiger partial charge is 0.338 e. The topological polar surface area (TPSA) is 46.6 Å². The van der Waals surface area contributed by atoms with Gasteiger partial charge in [0.25, 0.3) is 5.91 Å². The summed E-state index contributed by atoms with van der Waals surface area (Å²) in [7, 11) is 0. The summed E-state index contributed by atoms with van der Waals surface area (Å²) in [5.41, 5.74) is 0.479. The van der Waals surface area contributed by atoms with Crippen LogP contribution in [0.15, 0.2) is 30.3 Å². The number of amides is 1. The molecule has 0 saturated carbocycles. The van der Waals surface area contributed by atoms with E-state index in [1.807, 2.05) is 11.0 Å². The summed E-state index contributed by atoms with van der Waals surface area (Å²) < 4.78 is 5.20. The molecule has 1 aromatic rings. The summed E-state index contributed by atoms with van der Waals surface area (Å²) in [5.74, 6) is -0.525. The van der Waals surface area contributed by atoms with Crippen LogP contribution in [-0.2, 0) is 9.53 Å². The number of carbonyl (C=O) groups excluding carboxylic acids is 2. The van der Waals surface area contributed by atoms with E-state index in [1.165, 1.54) is 25.7 Å². The molecule has 25 heavy (non-hydrogen) atoms. The molecule has 0 atom stereocenters. The van der Waals surface area contributed by atoms with Crippen LogP contribution in [0.2, 0.25) is 0 Å². The van der Waals surface area contributed by atoms with Crippen molar-refractivity contribution >= 4 is 11.9 Å². The molecule has 0 unspecified atom stereocenters. The highest BCUT2D eigenvalue weighted by Gasteiger charge is 2.16. The van der Waals surface area contributed by atoms with Gasteiger partial charge in [-0.15, -0.1) is 0 Å². The van der Waals surface area contributed by atoms with Crippen molar-refractivity contribution in [1.82, 2.24) is 4.90 Å². The highest BCUT2D eigenvalue weighted by atomic mass is 16.5. The predicted octanol–water partition coefficient (Wildman–Crippen LogP) is 4.83. The van der Waals surface area contributed by atoms with Gasteiger partial charge in [-0.1, -0.05) is 70.6 Å². The third-order valence-corrected chi connectivity index (χ3v) is 4.25. The van der Waals surface area contributed by atoms with Crippen LogP contribution in [-0.4, -0.2) is 36.5 Å². The van der Waals surface area contributed by atoms with Crippen molar-refractivity contribution in [3.8, 4) is 0 Å². The van der Waals surface area contributed by atoms with E-state index in [1.54, 1.807) is 24.3 Å². The normalized spacial score (nSPS) is 10.5. The number of benzene rings is 1. The first-order chi connectivity index (χ1) is 12.2. The number of rotatable bonds is 13. The van der Waals surface area contributed by atoms with Crippen LogP contribution >= 0.6 is 0 Å². The molecule has 4 nitrogen and oxygen atoms in total. The van der Waals surface area contributed by atoms with Crippen LogP contribution in [0.5, 0.6) is 0 Å². The van der Waals surface area contributed by atoms with Gasteiger partial charge >= 0.3 is 5.97 Å². The van der Waals surface area contributed by atoms with E-state index in [9.17, 15) is 9.59 Å². The molecule has 1 aromatic carbocycles. The fraction of sp³-hybridized carbons (Fsp3) is 0.619. The average molecular weight is 347 g/mol. The molecule has 0 aliphatic heterocycles. The Morgan fingerprint density at radius 3 is 1.92 bits per heavy atom. The molecule has 0 fully saturated rings. The number of hydrogen-bond acceptors (Lipinski definition) is 3. The Balaban J connectivity index is 2.44. The van der Waals surface area contributed by atoms with Crippen molar-refractivity contribution in [2.24, 2.45) is 0 Å². The van der Waals surface area contributed by atoms with E-state index >= 15 is 0 Å². The van der Waals surface area contributed by atoms with Gasteiger partial charge in [0.05, 0.1) is 5.56 Å². The molecule has 0 saturated heterocycles. The van der Waals surface area contributed by atoms with E-state index in [-0.39, 0.29) is 12.5 Å². The second-order valence-corrected chi connectivity index (χ2v) is 6.44. The Bertz CT molecular complexity index is 475. The summed E-state index contributed by atoms with van der Waals surface area (Å²) in [5, 5.41) is 0. The van der Waals surface area contributed by atoms with Crippen molar-refractivity contribution in [3.05, 3.63) is 35.9 Å². The largest absolute Gasteiger partial charge is 0.452 e. The van der Waals surface area contributed by atoms with Gasteiger partial charge in [0, 0.05) is 13.1 Å². The number of carbonyl (C=O) groups is 2. The van der Waals surface area contributed by atoms with Gasteiger partial charge in [0.2, 0.25) is 0 Å². The monoisotopic (exact) mass is 347 g/mol. The van der Waals surface area contributed by atoms with Crippen LogP contribution < -0.4 is 0 Å². The van der Waals surface area contributed by atoms with Gasteiger partial charge in [-0.2, -0.15) is 0 Å². The van der Waals surface area contributed by atoms with E-state index in [0.717, 1.165) is 38.8 Å². The lowest BCUT2D eigenvalue weighted by Crippen LogP contribution is -2.36. The van der Waals surface area contributed by atoms with Crippen molar-refractivity contribution in [2.45, 2.75) is 65.2 Å². The van der Waals surface area contributed by atoms with Gasteiger partial charge in [0.15, 0.2) is 6.61 Å². The minimum atomic E-state index is -0.439. The minimum absolute atomic E-state index is 0.0859. The van der Waals surface area contributed by atoms with Crippen LogP contribution in [0, 0.1) is 0 Å². The third kappa shape index (κ3) is 9.28. The maximum absolute atomic E-state index is 12.5. The summed E-state index contributed by atoms with van der Waals surface area (Å²) in [6, 6.07) is 8.80. The average Bonchev–Trinajstić information content (AvgIpc) is 2.65. The first kappa shape index (κ1) is 21.2. The lowest BCUT2D eigenvalue weighted by molar-refractivity contribution is -0.134. The zero-order valence-electron chi connectivity index (χ0n) is 15.8. The first-order valence-corrected chi connectivity index (χ1v) is 9.69. The van der Waals surface area contributed by atoms with Crippen LogP contribution in [0.3, 0.4) is 0 Å². The summed E-state index contributed by atoms with van der Waals surface area (Å²) in [6.45, 7) is 5.70. The summed E-state index contributed by atoms with van der Waals surface area (Å²) in [6.07, 6.45) is 9.05. The second kappa shape index (κ2) is 13.5. The molecular weight excluding hydrogens is 314 g/mol. The molecule has 0 bridgehead atoms. The van der Waals surface area contributed by atoms with E-state index in [0.29, 0.717) is 5.56 Å². The molecule has 4 heteroatoms. The molecule has 0 N–H and O–H groups in total. The molecule has 0 aliphatic carbocycles. The zero-order valence-corrected chi connectivity index (χ0v) is 15.8. The van der Waals surface area contributed by atoms with Gasteiger partial charge in [-0.25, -0.2) is 4.79 Å². The Hall–Kier alpha value is -1.84.